The third-order valence-corrected chi connectivity index (χ3v) is 4.74. The van der Waals surface area contributed by atoms with Crippen molar-refractivity contribution in [1.29, 1.82) is 0 Å². The summed E-state index contributed by atoms with van der Waals surface area (Å²) in [5, 5.41) is 2.51. The van der Waals surface area contributed by atoms with E-state index in [0.29, 0.717) is 18.1 Å². The van der Waals surface area contributed by atoms with Gasteiger partial charge in [-0.3, -0.25) is 9.59 Å². The van der Waals surface area contributed by atoms with E-state index >= 15 is 0 Å². The number of ether oxygens (including phenoxy) is 2. The summed E-state index contributed by atoms with van der Waals surface area (Å²) in [5.41, 5.74) is 0.377. The molecule has 2 aromatic rings. The van der Waals surface area contributed by atoms with Gasteiger partial charge in [-0.2, -0.15) is 0 Å². The van der Waals surface area contributed by atoms with Crippen LogP contribution in [0.1, 0.15) is 36.5 Å². The van der Waals surface area contributed by atoms with Crippen molar-refractivity contribution in [3.05, 3.63) is 53.6 Å². The van der Waals surface area contributed by atoms with E-state index in [9.17, 15) is 18.4 Å². The molecule has 1 N–H and O–H groups in total. The van der Waals surface area contributed by atoms with Crippen LogP contribution in [-0.2, 0) is 4.79 Å². The van der Waals surface area contributed by atoms with Crippen LogP contribution in [0, 0.1) is 11.6 Å². The summed E-state index contributed by atoms with van der Waals surface area (Å²) in [6.45, 7) is 3.50. The molecule has 1 fully saturated rings. The van der Waals surface area contributed by atoms with E-state index < -0.39 is 17.5 Å². The molecule has 3 rings (SSSR count). The molecule has 0 saturated carbocycles. The molecule has 1 heterocycles. The highest BCUT2D eigenvalue weighted by atomic mass is 19.2. The van der Waals surface area contributed by atoms with Gasteiger partial charge in [0.05, 0.1) is 6.61 Å². The monoisotopic (exact) mass is 418 g/mol. The number of benzene rings is 2. The number of nitrogens with one attached hydrogen (secondary N) is 1. The van der Waals surface area contributed by atoms with Crippen LogP contribution in [0.15, 0.2) is 36.4 Å². The standard InChI is InChI=1S/C22H24F2N2O4/c1-2-29-20-12-15(22(28)25-16-7-8-17(23)18(24)13-16)6-9-19(20)30-14-21(27)26-10-4-3-5-11-26/h6-9,12-13H,2-5,10-11,14H2,1H3,(H,25,28). The van der Waals surface area contributed by atoms with Crippen molar-refractivity contribution >= 4 is 17.5 Å². The van der Waals surface area contributed by atoms with E-state index in [1.54, 1.807) is 17.9 Å². The Balaban J connectivity index is 1.68. The molecule has 160 valence electrons. The van der Waals surface area contributed by atoms with Gasteiger partial charge in [-0.1, -0.05) is 0 Å². The Labute approximate surface area is 173 Å². The normalized spacial score (nSPS) is 13.6. The van der Waals surface area contributed by atoms with Crippen molar-refractivity contribution < 1.29 is 27.8 Å². The van der Waals surface area contributed by atoms with Crippen molar-refractivity contribution in [2.45, 2.75) is 26.2 Å². The first-order valence-electron chi connectivity index (χ1n) is 9.91. The van der Waals surface area contributed by atoms with Crippen molar-refractivity contribution in [2.24, 2.45) is 0 Å². The SMILES string of the molecule is CCOc1cc(C(=O)Nc2ccc(F)c(F)c2)ccc1OCC(=O)N1CCCCC1. The Bertz CT molecular complexity index is 914. The number of halogens is 2. The number of nitrogens with zero attached hydrogens (tertiary/aromatic N) is 1. The van der Waals surface area contributed by atoms with E-state index in [2.05, 4.69) is 5.32 Å². The fraction of sp³-hybridized carbons (Fsp3) is 0.364. The Morgan fingerprint density at radius 3 is 2.43 bits per heavy atom. The first-order valence-corrected chi connectivity index (χ1v) is 9.91. The number of hydrogen-bond donors (Lipinski definition) is 1. The van der Waals surface area contributed by atoms with Crippen LogP contribution in [0.5, 0.6) is 11.5 Å². The third kappa shape index (κ3) is 5.46. The average molecular weight is 418 g/mol. The van der Waals surface area contributed by atoms with Crippen molar-refractivity contribution in [3.8, 4) is 11.5 Å². The second-order valence-electron chi connectivity index (χ2n) is 6.91. The minimum atomic E-state index is -1.05. The zero-order valence-electron chi connectivity index (χ0n) is 16.7. The van der Waals surface area contributed by atoms with Crippen LogP contribution in [0.3, 0.4) is 0 Å². The van der Waals surface area contributed by atoms with Gasteiger partial charge in [0, 0.05) is 30.4 Å². The Kier molecular flexibility index (Phi) is 7.21. The van der Waals surface area contributed by atoms with E-state index in [0.717, 1.165) is 44.5 Å². The van der Waals surface area contributed by atoms with E-state index in [-0.39, 0.29) is 23.8 Å². The highest BCUT2D eigenvalue weighted by molar-refractivity contribution is 6.04. The van der Waals surface area contributed by atoms with E-state index in [4.69, 9.17) is 9.47 Å². The summed E-state index contributed by atoms with van der Waals surface area (Å²) >= 11 is 0. The molecule has 6 nitrogen and oxygen atoms in total. The van der Waals surface area contributed by atoms with Gasteiger partial charge in [0.15, 0.2) is 29.7 Å². The Hall–Kier alpha value is -3.16. The molecule has 1 aliphatic heterocycles. The quantitative estimate of drug-likeness (QED) is 0.738. The number of piperidine rings is 1. The molecule has 0 aromatic heterocycles. The van der Waals surface area contributed by atoms with Gasteiger partial charge in [-0.15, -0.1) is 0 Å². The lowest BCUT2D eigenvalue weighted by Gasteiger charge is -2.26. The topological polar surface area (TPSA) is 67.9 Å². The number of anilines is 1. The van der Waals surface area contributed by atoms with Gasteiger partial charge in [-0.05, 0) is 56.5 Å². The first kappa shape index (κ1) is 21.5. The average Bonchev–Trinajstić information content (AvgIpc) is 2.76. The van der Waals surface area contributed by atoms with Gasteiger partial charge in [0.1, 0.15) is 0 Å². The second kappa shape index (κ2) is 10.0. The van der Waals surface area contributed by atoms with Gasteiger partial charge >= 0.3 is 0 Å². The van der Waals surface area contributed by atoms with E-state index in [1.165, 1.54) is 18.2 Å². The van der Waals surface area contributed by atoms with Gasteiger partial charge in [-0.25, -0.2) is 8.78 Å². The molecule has 8 heteroatoms. The molecule has 2 amide bonds. The first-order chi connectivity index (χ1) is 14.5. The predicted octanol–water partition coefficient (Wildman–Crippen LogP) is 4.01. The molecule has 2 aromatic carbocycles. The lowest BCUT2D eigenvalue weighted by molar-refractivity contribution is -0.134. The smallest absolute Gasteiger partial charge is 0.260 e. The summed E-state index contributed by atoms with van der Waals surface area (Å²) in [6, 6.07) is 7.66. The lowest BCUT2D eigenvalue weighted by Crippen LogP contribution is -2.38. The van der Waals surface area contributed by atoms with Gasteiger partial charge in [0.25, 0.3) is 11.8 Å². The van der Waals surface area contributed by atoms with Crippen molar-refractivity contribution in [1.82, 2.24) is 4.90 Å². The minimum absolute atomic E-state index is 0.0858. The van der Waals surface area contributed by atoms with Crippen molar-refractivity contribution in [2.75, 3.05) is 31.6 Å². The summed E-state index contributed by atoms with van der Waals surface area (Å²) < 4.78 is 37.6. The number of likely N-dealkylation sites (tertiary alicyclic amines) is 1. The molecule has 0 spiro atoms. The zero-order valence-corrected chi connectivity index (χ0v) is 16.7. The van der Waals surface area contributed by atoms with Gasteiger partial charge in [0.2, 0.25) is 0 Å². The molecule has 1 aliphatic rings. The maximum absolute atomic E-state index is 13.3. The molecular formula is C22H24F2N2O4. The van der Waals surface area contributed by atoms with Crippen LogP contribution < -0.4 is 14.8 Å². The van der Waals surface area contributed by atoms with Crippen LogP contribution >= 0.6 is 0 Å². The number of amides is 2. The highest BCUT2D eigenvalue weighted by Gasteiger charge is 2.18. The maximum atomic E-state index is 13.3. The Morgan fingerprint density at radius 1 is 0.967 bits per heavy atom. The van der Waals surface area contributed by atoms with E-state index in [1.807, 2.05) is 0 Å². The zero-order chi connectivity index (χ0) is 21.5. The molecule has 1 saturated heterocycles. The summed E-state index contributed by atoms with van der Waals surface area (Å²) in [4.78, 5) is 26.6. The summed E-state index contributed by atoms with van der Waals surface area (Å²) in [5.74, 6) is -1.97. The minimum Gasteiger partial charge on any atom is -0.490 e. The van der Waals surface area contributed by atoms with Crippen LogP contribution in [0.4, 0.5) is 14.5 Å². The summed E-state index contributed by atoms with van der Waals surface area (Å²) in [7, 11) is 0. The van der Waals surface area contributed by atoms with Gasteiger partial charge < -0.3 is 19.7 Å². The lowest BCUT2D eigenvalue weighted by atomic mass is 10.1. The molecular weight excluding hydrogens is 394 g/mol. The molecule has 0 unspecified atom stereocenters. The Morgan fingerprint density at radius 2 is 1.73 bits per heavy atom. The molecule has 0 atom stereocenters. The number of carbonyl (C=O) groups is 2. The molecule has 0 aliphatic carbocycles. The molecule has 0 bridgehead atoms. The summed E-state index contributed by atoms with van der Waals surface area (Å²) in [6.07, 6.45) is 3.13. The molecule has 0 radical (unpaired) electrons. The maximum Gasteiger partial charge on any atom is 0.260 e. The van der Waals surface area contributed by atoms with Crippen LogP contribution in [0.25, 0.3) is 0 Å². The highest BCUT2D eigenvalue weighted by Crippen LogP contribution is 2.29. The number of rotatable bonds is 7. The van der Waals surface area contributed by atoms with Crippen molar-refractivity contribution in [3.63, 3.8) is 0 Å². The third-order valence-electron chi connectivity index (χ3n) is 4.74. The number of hydrogen-bond acceptors (Lipinski definition) is 4. The second-order valence-corrected chi connectivity index (χ2v) is 6.91. The predicted molar refractivity (Wildman–Crippen MR) is 108 cm³/mol. The fourth-order valence-corrected chi connectivity index (χ4v) is 3.19. The van der Waals surface area contributed by atoms with Crippen LogP contribution in [-0.4, -0.2) is 43.0 Å². The van der Waals surface area contributed by atoms with Crippen LogP contribution in [0.2, 0.25) is 0 Å². The largest absolute Gasteiger partial charge is 0.490 e. The number of carbonyl (C=O) groups excluding carboxylic acids is 2. The fourth-order valence-electron chi connectivity index (χ4n) is 3.19. The molecule has 30 heavy (non-hydrogen) atoms.